The van der Waals surface area contributed by atoms with E-state index in [-0.39, 0.29) is 0 Å². The van der Waals surface area contributed by atoms with Crippen molar-refractivity contribution in [2.45, 2.75) is 62.0 Å². The lowest BCUT2D eigenvalue weighted by Gasteiger charge is -2.40. The van der Waals surface area contributed by atoms with Gasteiger partial charge >= 0.3 is 0 Å². The molecule has 3 heterocycles. The maximum absolute atomic E-state index is 10.6. The summed E-state index contributed by atoms with van der Waals surface area (Å²) >= 11 is 3.26. The molecule has 2 aliphatic heterocycles. The molecular formula is C25H32O5S2. The third-order valence-electron chi connectivity index (χ3n) is 7.91. The Labute approximate surface area is 197 Å². The summed E-state index contributed by atoms with van der Waals surface area (Å²) in [6.07, 6.45) is -0.401. The third kappa shape index (κ3) is 3.66. The molecule has 3 fully saturated rings. The van der Waals surface area contributed by atoms with E-state index in [1.54, 1.807) is 0 Å². The Morgan fingerprint density at radius 3 is 2.69 bits per heavy atom. The van der Waals surface area contributed by atoms with E-state index in [4.69, 9.17) is 9.47 Å². The molecule has 2 aromatic rings. The Morgan fingerprint density at radius 2 is 1.94 bits per heavy atom. The van der Waals surface area contributed by atoms with Gasteiger partial charge in [-0.2, -0.15) is 0 Å². The van der Waals surface area contributed by atoms with Gasteiger partial charge in [0.2, 0.25) is 0 Å². The van der Waals surface area contributed by atoms with Crippen LogP contribution in [0.1, 0.15) is 45.9 Å². The van der Waals surface area contributed by atoms with E-state index in [1.807, 2.05) is 23.7 Å². The molecule has 0 spiro atoms. The molecule has 0 radical (unpaired) electrons. The zero-order valence-corrected chi connectivity index (χ0v) is 20.4. The summed E-state index contributed by atoms with van der Waals surface area (Å²) in [7, 11) is 0. The first-order chi connectivity index (χ1) is 15.4. The molecule has 5 nitrogen and oxygen atoms in total. The molecule has 32 heavy (non-hydrogen) atoms. The smallest absolute Gasteiger partial charge is 0.132 e. The van der Waals surface area contributed by atoms with Gasteiger partial charge in [0.25, 0.3) is 0 Å². The van der Waals surface area contributed by atoms with Crippen LogP contribution < -0.4 is 0 Å². The highest BCUT2D eigenvalue weighted by Gasteiger charge is 2.64. The van der Waals surface area contributed by atoms with Crippen LogP contribution in [0, 0.1) is 18.8 Å². The molecule has 5 rings (SSSR count). The van der Waals surface area contributed by atoms with Crippen LogP contribution in [0.15, 0.2) is 30.3 Å². The van der Waals surface area contributed by atoms with Gasteiger partial charge in [0.05, 0.1) is 6.61 Å². The van der Waals surface area contributed by atoms with E-state index >= 15 is 0 Å². The SMILES string of the molecule is CS[C@H]1O[C@@H](c2ccc(C)c(Cc3ccc([C@@]45CCOC[C@@H]4[C@@H]5C)s3)c2)[C@H](O)[C@@H](O)[C@@H]1O. The number of fused-ring (bicyclic) bond motifs is 1. The van der Waals surface area contributed by atoms with Crippen LogP contribution in [0.4, 0.5) is 0 Å². The molecule has 0 amide bonds. The lowest BCUT2D eigenvalue weighted by molar-refractivity contribution is -0.200. The Morgan fingerprint density at radius 1 is 1.12 bits per heavy atom. The van der Waals surface area contributed by atoms with Crippen LogP contribution in [0.3, 0.4) is 0 Å². The van der Waals surface area contributed by atoms with Gasteiger partial charge in [-0.3, -0.25) is 0 Å². The normalized spacial score (nSPS) is 39.0. The van der Waals surface area contributed by atoms with Crippen LogP contribution >= 0.6 is 23.1 Å². The van der Waals surface area contributed by atoms with Crippen molar-refractivity contribution < 1.29 is 24.8 Å². The van der Waals surface area contributed by atoms with Gasteiger partial charge in [-0.1, -0.05) is 25.1 Å². The second kappa shape index (κ2) is 8.69. The van der Waals surface area contributed by atoms with Crippen LogP contribution in [0.25, 0.3) is 0 Å². The van der Waals surface area contributed by atoms with E-state index in [0.717, 1.165) is 31.6 Å². The summed E-state index contributed by atoms with van der Waals surface area (Å²) in [6, 6.07) is 10.7. The summed E-state index contributed by atoms with van der Waals surface area (Å²) in [4.78, 5) is 2.83. The van der Waals surface area contributed by atoms with Crippen molar-refractivity contribution in [3.8, 4) is 0 Å². The van der Waals surface area contributed by atoms with Crippen molar-refractivity contribution in [1.29, 1.82) is 0 Å². The molecule has 1 saturated carbocycles. The molecule has 2 saturated heterocycles. The third-order valence-corrected chi connectivity index (χ3v) is 10.0. The zero-order chi connectivity index (χ0) is 22.6. The number of hydrogen-bond acceptors (Lipinski definition) is 7. The number of aliphatic hydroxyl groups excluding tert-OH is 3. The first-order valence-corrected chi connectivity index (χ1v) is 13.5. The number of thioether (sulfide) groups is 1. The number of ether oxygens (including phenoxy) is 2. The maximum Gasteiger partial charge on any atom is 0.132 e. The summed E-state index contributed by atoms with van der Waals surface area (Å²) in [5, 5.41) is 31.0. The quantitative estimate of drug-likeness (QED) is 0.614. The summed E-state index contributed by atoms with van der Waals surface area (Å²) in [5.74, 6) is 1.35. The highest BCUT2D eigenvalue weighted by molar-refractivity contribution is 7.99. The largest absolute Gasteiger partial charge is 0.387 e. The first-order valence-electron chi connectivity index (χ1n) is 11.4. The Bertz CT molecular complexity index is 975. The molecule has 3 N–H and O–H groups in total. The van der Waals surface area contributed by atoms with Crippen molar-refractivity contribution in [3.05, 3.63) is 56.8 Å². The number of thiophene rings is 1. The highest BCUT2D eigenvalue weighted by Crippen LogP contribution is 2.64. The molecule has 0 unspecified atom stereocenters. The van der Waals surface area contributed by atoms with Gasteiger partial charge in [0.15, 0.2) is 0 Å². The number of hydrogen-bond donors (Lipinski definition) is 3. The monoisotopic (exact) mass is 476 g/mol. The number of rotatable bonds is 5. The second-order valence-corrected chi connectivity index (χ2v) is 11.6. The molecule has 174 valence electrons. The van der Waals surface area contributed by atoms with Gasteiger partial charge in [-0.15, -0.1) is 23.1 Å². The summed E-state index contributed by atoms with van der Waals surface area (Å²) in [6.45, 7) is 6.20. The molecular weight excluding hydrogens is 444 g/mol. The number of aryl methyl sites for hydroxylation is 1. The molecule has 7 heteroatoms. The van der Waals surface area contributed by atoms with Crippen molar-refractivity contribution >= 4 is 23.1 Å². The van der Waals surface area contributed by atoms with Crippen molar-refractivity contribution in [2.75, 3.05) is 19.5 Å². The Kier molecular flexibility index (Phi) is 6.20. The summed E-state index contributed by atoms with van der Waals surface area (Å²) < 4.78 is 11.7. The van der Waals surface area contributed by atoms with E-state index in [2.05, 4.69) is 38.1 Å². The predicted molar refractivity (Wildman–Crippen MR) is 127 cm³/mol. The van der Waals surface area contributed by atoms with E-state index in [0.29, 0.717) is 17.3 Å². The van der Waals surface area contributed by atoms with E-state index < -0.39 is 29.9 Å². The topological polar surface area (TPSA) is 79.2 Å². The Balaban J connectivity index is 1.37. The minimum absolute atomic E-state index is 0.321. The zero-order valence-electron chi connectivity index (χ0n) is 18.7. The summed E-state index contributed by atoms with van der Waals surface area (Å²) in [5.41, 5.74) is 2.96. The fourth-order valence-corrected chi connectivity index (χ4v) is 7.78. The van der Waals surface area contributed by atoms with Crippen LogP contribution in [0.5, 0.6) is 0 Å². The molecule has 1 aromatic heterocycles. The lowest BCUT2D eigenvalue weighted by atomic mass is 9.91. The van der Waals surface area contributed by atoms with Gasteiger partial charge in [-0.25, -0.2) is 0 Å². The molecule has 3 aliphatic rings. The van der Waals surface area contributed by atoms with Crippen molar-refractivity contribution in [3.63, 3.8) is 0 Å². The second-order valence-electron chi connectivity index (χ2n) is 9.52. The molecule has 1 aliphatic carbocycles. The average molecular weight is 477 g/mol. The van der Waals surface area contributed by atoms with Crippen molar-refractivity contribution in [1.82, 2.24) is 0 Å². The minimum Gasteiger partial charge on any atom is -0.387 e. The van der Waals surface area contributed by atoms with Crippen molar-refractivity contribution in [2.24, 2.45) is 11.8 Å². The standard InChI is InChI=1S/C25H32O5S2/c1-13-4-5-15(23-21(27)20(26)22(28)24(30-23)31-3)10-16(13)11-17-6-7-19(32-17)25-8-9-29-12-18(25)14(25)2/h4-7,10,14,18,20-24,26-28H,8-9,11-12H2,1-3H3/t14-,18+,20+,21+,22-,23-,24+,25+/m0/s1. The minimum atomic E-state index is -1.23. The van der Waals surface area contributed by atoms with Crippen LogP contribution in [-0.2, 0) is 21.3 Å². The van der Waals surface area contributed by atoms with Gasteiger partial charge in [0, 0.05) is 28.2 Å². The fourth-order valence-electron chi connectivity index (χ4n) is 5.70. The predicted octanol–water partition coefficient (Wildman–Crippen LogP) is 3.41. The number of aliphatic hydroxyl groups is 3. The first kappa shape index (κ1) is 22.8. The molecule has 8 atom stereocenters. The van der Waals surface area contributed by atoms with Crippen LogP contribution in [-0.4, -0.2) is 58.5 Å². The number of benzene rings is 1. The lowest BCUT2D eigenvalue weighted by Crippen LogP contribution is -2.52. The van der Waals surface area contributed by atoms with Gasteiger partial charge < -0.3 is 24.8 Å². The fraction of sp³-hybridized carbons (Fsp3) is 0.600. The van der Waals surface area contributed by atoms with Gasteiger partial charge in [0.1, 0.15) is 29.9 Å². The van der Waals surface area contributed by atoms with Crippen LogP contribution in [0.2, 0.25) is 0 Å². The van der Waals surface area contributed by atoms with Gasteiger partial charge in [-0.05, 0) is 60.3 Å². The molecule has 0 bridgehead atoms. The van der Waals surface area contributed by atoms with E-state index in [9.17, 15) is 15.3 Å². The van der Waals surface area contributed by atoms with E-state index in [1.165, 1.54) is 32.6 Å². The molecule has 1 aromatic carbocycles. The Hall–Kier alpha value is -0.930. The highest BCUT2D eigenvalue weighted by atomic mass is 32.2. The maximum atomic E-state index is 10.6. The average Bonchev–Trinajstić information content (AvgIpc) is 3.15.